The molecule has 8 nitrogen and oxygen atoms in total. The standard InChI is InChI=1S/C18H29N5O3/c24-17(11-16-14-20-9-10-26-16)21-7-2-1-3-8-22-18(25)23-13-15-5-4-6-19-12-15/h4-6,12,16,20H,1-3,7-11,13-14H2,(H,21,24)(H2,22,23,25). The fourth-order valence-corrected chi connectivity index (χ4v) is 2.63. The van der Waals surface area contributed by atoms with E-state index in [9.17, 15) is 9.59 Å². The van der Waals surface area contributed by atoms with Crippen molar-refractivity contribution < 1.29 is 14.3 Å². The van der Waals surface area contributed by atoms with Crippen molar-refractivity contribution in [2.24, 2.45) is 0 Å². The average molecular weight is 363 g/mol. The highest BCUT2D eigenvalue weighted by Gasteiger charge is 2.16. The zero-order valence-electron chi connectivity index (χ0n) is 15.1. The second-order valence-corrected chi connectivity index (χ2v) is 6.28. The Morgan fingerprint density at radius 1 is 1.19 bits per heavy atom. The largest absolute Gasteiger partial charge is 0.375 e. The molecule has 4 N–H and O–H groups in total. The van der Waals surface area contributed by atoms with Gasteiger partial charge in [-0.1, -0.05) is 6.07 Å². The number of ether oxygens (including phenoxy) is 1. The Morgan fingerprint density at radius 2 is 2.04 bits per heavy atom. The molecule has 3 amide bonds. The second-order valence-electron chi connectivity index (χ2n) is 6.28. The van der Waals surface area contributed by atoms with Crippen LogP contribution in [-0.2, 0) is 16.1 Å². The minimum Gasteiger partial charge on any atom is -0.375 e. The highest BCUT2D eigenvalue weighted by atomic mass is 16.5. The summed E-state index contributed by atoms with van der Waals surface area (Å²) < 4.78 is 5.51. The molecular formula is C18H29N5O3. The van der Waals surface area contributed by atoms with Crippen molar-refractivity contribution in [1.29, 1.82) is 0 Å². The Balaban J connectivity index is 1.40. The molecule has 0 radical (unpaired) electrons. The molecule has 1 saturated heterocycles. The van der Waals surface area contributed by atoms with Gasteiger partial charge in [0.2, 0.25) is 5.91 Å². The van der Waals surface area contributed by atoms with E-state index < -0.39 is 0 Å². The maximum atomic E-state index is 11.8. The first-order valence-corrected chi connectivity index (χ1v) is 9.23. The lowest BCUT2D eigenvalue weighted by molar-refractivity contribution is -0.124. The van der Waals surface area contributed by atoms with E-state index in [1.165, 1.54) is 0 Å². The van der Waals surface area contributed by atoms with Crippen LogP contribution in [0.5, 0.6) is 0 Å². The fourth-order valence-electron chi connectivity index (χ4n) is 2.63. The third-order valence-corrected chi connectivity index (χ3v) is 4.05. The molecule has 1 unspecified atom stereocenters. The number of unbranched alkanes of at least 4 members (excludes halogenated alkanes) is 2. The number of carbonyl (C=O) groups excluding carboxylic acids is 2. The zero-order valence-corrected chi connectivity index (χ0v) is 15.1. The lowest BCUT2D eigenvalue weighted by atomic mass is 10.2. The first kappa shape index (κ1) is 20.1. The van der Waals surface area contributed by atoms with Gasteiger partial charge >= 0.3 is 6.03 Å². The van der Waals surface area contributed by atoms with Crippen molar-refractivity contribution in [3.05, 3.63) is 30.1 Å². The van der Waals surface area contributed by atoms with Gasteiger partial charge in [-0.2, -0.15) is 0 Å². The zero-order chi connectivity index (χ0) is 18.5. The smallest absolute Gasteiger partial charge is 0.315 e. The average Bonchev–Trinajstić information content (AvgIpc) is 2.67. The van der Waals surface area contributed by atoms with Crippen molar-refractivity contribution in [3.63, 3.8) is 0 Å². The second kappa shape index (κ2) is 12.2. The van der Waals surface area contributed by atoms with Gasteiger partial charge in [0.15, 0.2) is 0 Å². The van der Waals surface area contributed by atoms with Crippen LogP contribution in [-0.4, -0.2) is 55.8 Å². The summed E-state index contributed by atoms with van der Waals surface area (Å²) in [4.78, 5) is 27.5. The van der Waals surface area contributed by atoms with Crippen LogP contribution in [0, 0.1) is 0 Å². The van der Waals surface area contributed by atoms with Gasteiger partial charge in [-0.3, -0.25) is 9.78 Å². The maximum Gasteiger partial charge on any atom is 0.315 e. The Kier molecular flexibility index (Phi) is 9.45. The van der Waals surface area contributed by atoms with Gasteiger partial charge in [-0.05, 0) is 30.9 Å². The summed E-state index contributed by atoms with van der Waals surface area (Å²) in [6, 6.07) is 3.58. The quantitative estimate of drug-likeness (QED) is 0.454. The third kappa shape index (κ3) is 8.77. The van der Waals surface area contributed by atoms with Crippen LogP contribution >= 0.6 is 0 Å². The van der Waals surface area contributed by atoms with Crippen molar-refractivity contribution in [2.45, 2.75) is 38.3 Å². The summed E-state index contributed by atoms with van der Waals surface area (Å²) in [7, 11) is 0. The molecule has 1 aliphatic rings. The number of morpholine rings is 1. The highest BCUT2D eigenvalue weighted by Crippen LogP contribution is 2.01. The normalized spacial score (nSPS) is 16.7. The van der Waals surface area contributed by atoms with Gasteiger partial charge in [0.1, 0.15) is 0 Å². The molecule has 0 aliphatic carbocycles. The van der Waals surface area contributed by atoms with Gasteiger partial charge in [-0.25, -0.2) is 4.79 Å². The molecule has 0 bridgehead atoms. The van der Waals surface area contributed by atoms with E-state index in [1.807, 2.05) is 12.1 Å². The monoisotopic (exact) mass is 363 g/mol. The van der Waals surface area contributed by atoms with Crippen molar-refractivity contribution in [1.82, 2.24) is 26.3 Å². The van der Waals surface area contributed by atoms with Gasteiger partial charge < -0.3 is 26.0 Å². The Labute approximate surface area is 154 Å². The van der Waals surface area contributed by atoms with Crippen LogP contribution in [0.4, 0.5) is 4.79 Å². The lowest BCUT2D eigenvalue weighted by Gasteiger charge is -2.23. The molecule has 1 aromatic heterocycles. The topological polar surface area (TPSA) is 104 Å². The molecule has 0 saturated carbocycles. The molecule has 144 valence electrons. The number of urea groups is 1. The van der Waals surface area contributed by atoms with Gasteiger partial charge in [0, 0.05) is 45.1 Å². The number of pyridine rings is 1. The number of aromatic nitrogens is 1. The van der Waals surface area contributed by atoms with E-state index in [0.717, 1.165) is 37.9 Å². The van der Waals surface area contributed by atoms with Crippen LogP contribution in [0.3, 0.4) is 0 Å². The van der Waals surface area contributed by atoms with E-state index >= 15 is 0 Å². The highest BCUT2D eigenvalue weighted by molar-refractivity contribution is 5.76. The molecule has 1 fully saturated rings. The summed E-state index contributed by atoms with van der Waals surface area (Å²) in [5, 5.41) is 11.7. The Hall–Kier alpha value is -2.19. The fraction of sp³-hybridized carbons (Fsp3) is 0.611. The van der Waals surface area contributed by atoms with Crippen LogP contribution in [0.1, 0.15) is 31.2 Å². The Bertz CT molecular complexity index is 535. The van der Waals surface area contributed by atoms with E-state index in [2.05, 4.69) is 26.3 Å². The number of hydrogen-bond acceptors (Lipinski definition) is 5. The summed E-state index contributed by atoms with van der Waals surface area (Å²) in [6.07, 6.45) is 6.55. The molecule has 1 atom stereocenters. The van der Waals surface area contributed by atoms with Gasteiger partial charge in [0.05, 0.1) is 19.1 Å². The molecule has 0 aromatic carbocycles. The predicted octanol–water partition coefficient (Wildman–Crippen LogP) is 0.546. The summed E-state index contributed by atoms with van der Waals surface area (Å²) in [5.74, 6) is 0.0339. The summed E-state index contributed by atoms with van der Waals surface area (Å²) >= 11 is 0. The number of hydrogen-bond donors (Lipinski definition) is 4. The van der Waals surface area contributed by atoms with E-state index in [-0.39, 0.29) is 18.0 Å². The van der Waals surface area contributed by atoms with Crippen LogP contribution in [0.25, 0.3) is 0 Å². The molecular weight excluding hydrogens is 334 g/mol. The van der Waals surface area contributed by atoms with Crippen LogP contribution in [0.15, 0.2) is 24.5 Å². The van der Waals surface area contributed by atoms with E-state index in [4.69, 9.17) is 4.74 Å². The molecule has 1 aliphatic heterocycles. The van der Waals surface area contributed by atoms with Crippen molar-refractivity contribution in [2.75, 3.05) is 32.8 Å². The molecule has 1 aromatic rings. The van der Waals surface area contributed by atoms with Gasteiger partial charge in [-0.15, -0.1) is 0 Å². The number of amides is 3. The van der Waals surface area contributed by atoms with Crippen LogP contribution in [0.2, 0.25) is 0 Å². The Morgan fingerprint density at radius 3 is 2.77 bits per heavy atom. The first-order chi connectivity index (χ1) is 12.7. The molecule has 2 rings (SSSR count). The molecule has 26 heavy (non-hydrogen) atoms. The summed E-state index contributed by atoms with van der Waals surface area (Å²) in [5.41, 5.74) is 0.966. The number of nitrogens with one attached hydrogen (secondary N) is 4. The molecule has 8 heteroatoms. The minimum absolute atomic E-state index is 0.0156. The SMILES string of the molecule is O=C(CC1CNCCO1)NCCCCCNC(=O)NCc1cccnc1. The lowest BCUT2D eigenvalue weighted by Crippen LogP contribution is -2.41. The number of rotatable bonds is 10. The summed E-state index contributed by atoms with van der Waals surface area (Å²) in [6.45, 7) is 4.00. The molecule has 0 spiro atoms. The minimum atomic E-state index is -0.178. The van der Waals surface area contributed by atoms with Crippen molar-refractivity contribution in [3.8, 4) is 0 Å². The third-order valence-electron chi connectivity index (χ3n) is 4.05. The molecule has 2 heterocycles. The van der Waals surface area contributed by atoms with E-state index in [0.29, 0.717) is 32.7 Å². The first-order valence-electron chi connectivity index (χ1n) is 9.23. The number of carbonyl (C=O) groups is 2. The van der Waals surface area contributed by atoms with Gasteiger partial charge in [0.25, 0.3) is 0 Å². The van der Waals surface area contributed by atoms with E-state index in [1.54, 1.807) is 12.4 Å². The van der Waals surface area contributed by atoms with Crippen molar-refractivity contribution >= 4 is 11.9 Å². The van der Waals surface area contributed by atoms with Crippen LogP contribution < -0.4 is 21.3 Å². The number of nitrogens with zero attached hydrogens (tertiary/aromatic N) is 1. The predicted molar refractivity (Wildman–Crippen MR) is 98.6 cm³/mol. The maximum absolute atomic E-state index is 11.8.